The van der Waals surface area contributed by atoms with Crippen molar-refractivity contribution in [2.24, 2.45) is 5.92 Å². The average molecular weight is 254 g/mol. The van der Waals surface area contributed by atoms with E-state index in [9.17, 15) is 13.2 Å². The molecular formula is C13H18O3S. The fraction of sp³-hybridized carbons (Fsp3) is 0.462. The lowest BCUT2D eigenvalue weighted by atomic mass is 10.00. The summed E-state index contributed by atoms with van der Waals surface area (Å²) < 4.78 is 22.1. The maximum Gasteiger partial charge on any atom is 0.177 e. The van der Waals surface area contributed by atoms with E-state index >= 15 is 0 Å². The van der Waals surface area contributed by atoms with Crippen molar-refractivity contribution in [3.05, 3.63) is 35.4 Å². The molecule has 0 radical (unpaired) electrons. The molecule has 0 fully saturated rings. The molecule has 1 aromatic carbocycles. The number of Topliss-reactive ketones (excluding diaryl/α,β-unsaturated/α-hetero) is 1. The predicted octanol–water partition coefficient (Wildman–Crippen LogP) is 2.11. The zero-order chi connectivity index (χ0) is 13.1. The van der Waals surface area contributed by atoms with Crippen LogP contribution in [0.5, 0.6) is 0 Å². The number of sulfone groups is 1. The lowest BCUT2D eigenvalue weighted by Crippen LogP contribution is -2.14. The van der Waals surface area contributed by atoms with Crippen molar-refractivity contribution in [1.82, 2.24) is 0 Å². The molecule has 0 aliphatic heterocycles. The normalized spacial score (nSPS) is 11.8. The van der Waals surface area contributed by atoms with Crippen LogP contribution >= 0.6 is 0 Å². The van der Waals surface area contributed by atoms with Crippen LogP contribution in [0.2, 0.25) is 0 Å². The van der Waals surface area contributed by atoms with Crippen LogP contribution in [0.1, 0.15) is 29.8 Å². The standard InChI is InChI=1S/C13H18O3S/c1-10(2)7-11-5-4-6-12(8-11)13(14)9-17(3,15)16/h4-6,8,10H,7,9H2,1-3H3. The van der Waals surface area contributed by atoms with E-state index in [4.69, 9.17) is 0 Å². The molecule has 0 saturated carbocycles. The molecule has 0 N–H and O–H groups in total. The van der Waals surface area contributed by atoms with Gasteiger partial charge in [-0.05, 0) is 24.0 Å². The zero-order valence-corrected chi connectivity index (χ0v) is 11.3. The highest BCUT2D eigenvalue weighted by Gasteiger charge is 2.13. The summed E-state index contributed by atoms with van der Waals surface area (Å²) in [6.07, 6.45) is 1.96. The van der Waals surface area contributed by atoms with Crippen molar-refractivity contribution < 1.29 is 13.2 Å². The molecule has 0 aliphatic carbocycles. The summed E-state index contributed by atoms with van der Waals surface area (Å²) in [5.41, 5.74) is 1.55. The molecule has 1 rings (SSSR count). The molecule has 1 aromatic rings. The molecule has 0 unspecified atom stereocenters. The van der Waals surface area contributed by atoms with Crippen LogP contribution in [0.15, 0.2) is 24.3 Å². The van der Waals surface area contributed by atoms with Gasteiger partial charge in [0.05, 0.1) is 0 Å². The zero-order valence-electron chi connectivity index (χ0n) is 10.4. The molecule has 3 nitrogen and oxygen atoms in total. The monoisotopic (exact) mass is 254 g/mol. The molecular weight excluding hydrogens is 236 g/mol. The van der Waals surface area contributed by atoms with Crippen molar-refractivity contribution in [3.8, 4) is 0 Å². The summed E-state index contributed by atoms with van der Waals surface area (Å²) in [5.74, 6) is -0.244. The number of carbonyl (C=O) groups is 1. The third kappa shape index (κ3) is 5.13. The first kappa shape index (κ1) is 13.9. The quantitative estimate of drug-likeness (QED) is 0.756. The molecule has 0 aliphatic rings. The third-order valence-electron chi connectivity index (χ3n) is 2.29. The van der Waals surface area contributed by atoms with E-state index in [1.807, 2.05) is 6.07 Å². The van der Waals surface area contributed by atoms with Gasteiger partial charge >= 0.3 is 0 Å². The third-order valence-corrected chi connectivity index (χ3v) is 3.07. The Morgan fingerprint density at radius 2 is 1.94 bits per heavy atom. The fourth-order valence-corrected chi connectivity index (χ4v) is 2.31. The molecule has 0 aromatic heterocycles. The summed E-state index contributed by atoms with van der Waals surface area (Å²) in [7, 11) is -3.26. The molecule has 4 heteroatoms. The van der Waals surface area contributed by atoms with Crippen LogP contribution in [0.4, 0.5) is 0 Å². The minimum absolute atomic E-state index is 0.335. The van der Waals surface area contributed by atoms with Crippen LogP contribution < -0.4 is 0 Å². The van der Waals surface area contributed by atoms with Gasteiger partial charge in [0, 0.05) is 11.8 Å². The van der Waals surface area contributed by atoms with Crippen LogP contribution in [0, 0.1) is 5.92 Å². The van der Waals surface area contributed by atoms with Crippen LogP contribution in [-0.4, -0.2) is 26.2 Å². The first-order chi connectivity index (χ1) is 7.78. The minimum Gasteiger partial charge on any atom is -0.293 e. The number of hydrogen-bond acceptors (Lipinski definition) is 3. The van der Waals surface area contributed by atoms with Crippen LogP contribution in [-0.2, 0) is 16.3 Å². The Kier molecular flexibility index (Phi) is 4.46. The number of rotatable bonds is 5. The van der Waals surface area contributed by atoms with Gasteiger partial charge in [0.2, 0.25) is 0 Å². The second-order valence-corrected chi connectivity index (χ2v) is 6.93. The number of carbonyl (C=O) groups excluding carboxylic acids is 1. The second-order valence-electron chi connectivity index (χ2n) is 4.79. The first-order valence-electron chi connectivity index (χ1n) is 5.58. The molecule has 0 heterocycles. The van der Waals surface area contributed by atoms with Crippen molar-refractivity contribution in [1.29, 1.82) is 0 Å². The van der Waals surface area contributed by atoms with Crippen molar-refractivity contribution in [2.75, 3.05) is 12.0 Å². The van der Waals surface area contributed by atoms with E-state index in [1.165, 1.54) is 0 Å². The molecule has 0 amide bonds. The summed E-state index contributed by atoms with van der Waals surface area (Å²) in [4.78, 5) is 11.7. The second kappa shape index (κ2) is 5.45. The van der Waals surface area contributed by atoms with Gasteiger partial charge in [-0.2, -0.15) is 0 Å². The highest BCUT2D eigenvalue weighted by Crippen LogP contribution is 2.11. The highest BCUT2D eigenvalue weighted by atomic mass is 32.2. The fourth-order valence-electron chi connectivity index (χ4n) is 1.66. The first-order valence-corrected chi connectivity index (χ1v) is 7.64. The van der Waals surface area contributed by atoms with Crippen LogP contribution in [0.3, 0.4) is 0 Å². The lowest BCUT2D eigenvalue weighted by molar-refractivity contribution is 0.102. The lowest BCUT2D eigenvalue weighted by Gasteiger charge is -2.06. The van der Waals surface area contributed by atoms with Gasteiger partial charge in [-0.1, -0.05) is 32.0 Å². The Balaban J connectivity index is 2.88. The molecule has 17 heavy (non-hydrogen) atoms. The molecule has 0 spiro atoms. The number of benzene rings is 1. The smallest absolute Gasteiger partial charge is 0.177 e. The minimum atomic E-state index is -3.26. The van der Waals surface area contributed by atoms with E-state index in [0.29, 0.717) is 11.5 Å². The highest BCUT2D eigenvalue weighted by molar-refractivity contribution is 7.91. The maximum absolute atomic E-state index is 11.7. The number of ketones is 1. The molecule has 0 saturated heterocycles. The average Bonchev–Trinajstić information content (AvgIpc) is 2.14. The summed E-state index contributed by atoms with van der Waals surface area (Å²) in [5, 5.41) is 0. The predicted molar refractivity (Wildman–Crippen MR) is 69.0 cm³/mol. The topological polar surface area (TPSA) is 51.2 Å². The summed E-state index contributed by atoms with van der Waals surface area (Å²) in [6.45, 7) is 4.20. The van der Waals surface area contributed by atoms with Gasteiger partial charge in [0.25, 0.3) is 0 Å². The van der Waals surface area contributed by atoms with Gasteiger partial charge in [-0.25, -0.2) is 8.42 Å². The van der Waals surface area contributed by atoms with E-state index < -0.39 is 15.6 Å². The Morgan fingerprint density at radius 1 is 1.29 bits per heavy atom. The van der Waals surface area contributed by atoms with Crippen molar-refractivity contribution in [3.63, 3.8) is 0 Å². The van der Waals surface area contributed by atoms with E-state index in [2.05, 4.69) is 13.8 Å². The van der Waals surface area contributed by atoms with Gasteiger partial charge in [0.15, 0.2) is 15.6 Å². The van der Waals surface area contributed by atoms with Gasteiger partial charge in [0.1, 0.15) is 5.75 Å². The van der Waals surface area contributed by atoms with E-state index in [1.54, 1.807) is 18.2 Å². The largest absolute Gasteiger partial charge is 0.293 e. The number of hydrogen-bond donors (Lipinski definition) is 0. The SMILES string of the molecule is CC(C)Cc1cccc(C(=O)CS(C)(=O)=O)c1. The summed E-state index contributed by atoms with van der Waals surface area (Å²) in [6, 6.07) is 7.20. The van der Waals surface area contributed by atoms with Gasteiger partial charge < -0.3 is 0 Å². The Bertz CT molecular complexity index is 501. The van der Waals surface area contributed by atoms with Crippen LogP contribution in [0.25, 0.3) is 0 Å². The van der Waals surface area contributed by atoms with E-state index in [0.717, 1.165) is 18.2 Å². The maximum atomic E-state index is 11.7. The van der Waals surface area contributed by atoms with Gasteiger partial charge in [-0.15, -0.1) is 0 Å². The van der Waals surface area contributed by atoms with Crippen molar-refractivity contribution in [2.45, 2.75) is 20.3 Å². The molecule has 0 bridgehead atoms. The van der Waals surface area contributed by atoms with Crippen molar-refractivity contribution >= 4 is 15.6 Å². The van der Waals surface area contributed by atoms with E-state index in [-0.39, 0.29) is 5.78 Å². The molecule has 0 atom stereocenters. The Hall–Kier alpha value is -1.16. The Labute approximate surface area is 103 Å². The van der Waals surface area contributed by atoms with Gasteiger partial charge in [-0.3, -0.25) is 4.79 Å². The summed E-state index contributed by atoms with van der Waals surface area (Å²) >= 11 is 0. The Morgan fingerprint density at radius 3 is 2.47 bits per heavy atom. The molecule has 94 valence electrons.